The van der Waals surface area contributed by atoms with Gasteiger partial charge < -0.3 is 18.1 Å². The van der Waals surface area contributed by atoms with E-state index >= 15 is 0 Å². The van der Waals surface area contributed by atoms with Gasteiger partial charge in [0.1, 0.15) is 0 Å². The number of hydrogen-bond donors (Lipinski definition) is 1. The molecular weight excluding hydrogens is 142 g/mol. The quantitative estimate of drug-likeness (QED) is 0.328. The first-order valence-corrected chi connectivity index (χ1v) is 2.53. The molecule has 1 unspecified atom stereocenters. The maximum atomic E-state index is 10.4. The zero-order valence-corrected chi connectivity index (χ0v) is 6.02. The second-order valence-electron chi connectivity index (χ2n) is 1.56. The molecular formula is C5H10ClNO2. The third kappa shape index (κ3) is 4.12. The normalized spacial score (nSPS) is 11.3. The van der Waals surface area contributed by atoms with Gasteiger partial charge >= 0.3 is 0 Å². The van der Waals surface area contributed by atoms with Gasteiger partial charge in [0, 0.05) is 6.42 Å². The van der Waals surface area contributed by atoms with E-state index in [1.54, 1.807) is 6.92 Å². The van der Waals surface area contributed by atoms with E-state index in [0.717, 1.165) is 0 Å². The zero-order chi connectivity index (χ0) is 6.57. The van der Waals surface area contributed by atoms with Crippen LogP contribution in [0.5, 0.6) is 0 Å². The van der Waals surface area contributed by atoms with E-state index in [-0.39, 0.29) is 18.2 Å². The summed E-state index contributed by atoms with van der Waals surface area (Å²) in [6.45, 7) is 1.71. The van der Waals surface area contributed by atoms with Crippen LogP contribution in [0.25, 0.3) is 0 Å². The minimum absolute atomic E-state index is 0. The number of quaternary nitrogens is 1. The Morgan fingerprint density at radius 3 is 2.33 bits per heavy atom. The van der Waals surface area contributed by atoms with Gasteiger partial charge in [-0.05, 0) is 0 Å². The number of halogens is 1. The molecule has 0 saturated heterocycles. The lowest BCUT2D eigenvalue weighted by molar-refractivity contribution is -0.385. The van der Waals surface area contributed by atoms with Gasteiger partial charge in [0.25, 0.3) is 0 Å². The first-order chi connectivity index (χ1) is 3.72. The minimum Gasteiger partial charge on any atom is -1.00 e. The molecule has 0 saturated carbocycles. The fourth-order valence-electron chi connectivity index (χ4n) is 0.338. The summed E-state index contributed by atoms with van der Waals surface area (Å²) in [6.07, 6.45) is 0.957. The van der Waals surface area contributed by atoms with Crippen molar-refractivity contribution in [1.29, 1.82) is 0 Å². The Balaban J connectivity index is 0. The Kier molecular flexibility index (Phi) is 7.24. The Morgan fingerprint density at radius 2 is 2.22 bits per heavy atom. The lowest BCUT2D eigenvalue weighted by Gasteiger charge is -1.92. The van der Waals surface area contributed by atoms with Crippen LogP contribution in [0.15, 0.2) is 0 Å². The average molecular weight is 152 g/mol. The van der Waals surface area contributed by atoms with E-state index < -0.39 is 6.04 Å². The molecule has 0 spiro atoms. The summed E-state index contributed by atoms with van der Waals surface area (Å²) < 4.78 is 0. The number of aldehydes is 1. The largest absolute Gasteiger partial charge is 1.00 e. The van der Waals surface area contributed by atoms with E-state index in [9.17, 15) is 9.59 Å². The average Bonchev–Trinajstić information content (AvgIpc) is 1.84. The molecule has 0 bridgehead atoms. The predicted molar refractivity (Wildman–Crippen MR) is 28.0 cm³/mol. The Hall–Kier alpha value is -0.410. The number of carbonyl (C=O) groups excluding carboxylic acids is 2. The lowest BCUT2D eigenvalue weighted by atomic mass is 10.2. The third-order valence-corrected chi connectivity index (χ3v) is 0.926. The standard InChI is InChI=1S/C5H9NO2.ClH/c1-2-5(8)4(6)3-7;/h3-4H,2,6H2,1H3;1H. The molecule has 0 heterocycles. The van der Waals surface area contributed by atoms with Crippen LogP contribution in [0.2, 0.25) is 0 Å². The van der Waals surface area contributed by atoms with Gasteiger partial charge in [0.05, 0.1) is 0 Å². The van der Waals surface area contributed by atoms with Gasteiger partial charge in [0.15, 0.2) is 18.1 Å². The first kappa shape index (κ1) is 11.4. The molecule has 3 nitrogen and oxygen atoms in total. The highest BCUT2D eigenvalue weighted by molar-refractivity contribution is 5.95. The number of rotatable bonds is 3. The summed E-state index contributed by atoms with van der Waals surface area (Å²) in [5.74, 6) is -0.0972. The number of carbonyl (C=O) groups is 2. The number of Topliss-reactive ketones (excluding diaryl/α,β-unsaturated/α-hetero) is 1. The molecule has 0 amide bonds. The molecule has 0 aromatic rings. The summed E-state index contributed by atoms with van der Waals surface area (Å²) in [7, 11) is 0. The molecule has 3 N–H and O–H groups in total. The molecule has 0 aromatic carbocycles. The van der Waals surface area contributed by atoms with Crippen molar-refractivity contribution in [1.82, 2.24) is 0 Å². The van der Waals surface area contributed by atoms with Crippen molar-refractivity contribution >= 4 is 12.1 Å². The van der Waals surface area contributed by atoms with Crippen LogP contribution < -0.4 is 18.1 Å². The van der Waals surface area contributed by atoms with Gasteiger partial charge in [-0.25, -0.2) is 0 Å². The Bertz CT molecular complexity index is 105. The number of hydrogen-bond acceptors (Lipinski definition) is 2. The van der Waals surface area contributed by atoms with Crippen molar-refractivity contribution in [3.63, 3.8) is 0 Å². The zero-order valence-electron chi connectivity index (χ0n) is 5.26. The van der Waals surface area contributed by atoms with Crippen LogP contribution in [-0.2, 0) is 9.59 Å². The predicted octanol–water partition coefficient (Wildman–Crippen LogP) is -4.22. The van der Waals surface area contributed by atoms with Gasteiger partial charge in [-0.15, -0.1) is 0 Å². The molecule has 54 valence electrons. The molecule has 0 aliphatic rings. The highest BCUT2D eigenvalue weighted by Gasteiger charge is 2.11. The lowest BCUT2D eigenvalue weighted by Crippen LogP contribution is -3.00. The summed E-state index contributed by atoms with van der Waals surface area (Å²) in [5.41, 5.74) is 3.31. The summed E-state index contributed by atoms with van der Waals surface area (Å²) >= 11 is 0. The second kappa shape index (κ2) is 5.72. The molecule has 9 heavy (non-hydrogen) atoms. The van der Waals surface area contributed by atoms with Gasteiger partial charge in [-0.2, -0.15) is 0 Å². The summed E-state index contributed by atoms with van der Waals surface area (Å²) in [6, 6.07) is -0.653. The molecule has 0 aliphatic heterocycles. The summed E-state index contributed by atoms with van der Waals surface area (Å²) in [4.78, 5) is 20.3. The van der Waals surface area contributed by atoms with E-state index in [1.165, 1.54) is 0 Å². The maximum Gasteiger partial charge on any atom is 0.199 e. The van der Waals surface area contributed by atoms with Gasteiger partial charge in [0.2, 0.25) is 0 Å². The van der Waals surface area contributed by atoms with Crippen molar-refractivity contribution in [2.75, 3.05) is 0 Å². The van der Waals surface area contributed by atoms with E-state index in [0.29, 0.717) is 12.7 Å². The Labute approximate surface area is 60.0 Å². The van der Waals surface area contributed by atoms with Crippen LogP contribution >= 0.6 is 0 Å². The molecule has 4 heteroatoms. The van der Waals surface area contributed by atoms with Crippen molar-refractivity contribution in [3.05, 3.63) is 0 Å². The molecule has 1 atom stereocenters. The van der Waals surface area contributed by atoms with Crippen molar-refractivity contribution in [2.45, 2.75) is 19.4 Å². The molecule has 0 aromatic heterocycles. The molecule has 0 radical (unpaired) electrons. The Morgan fingerprint density at radius 1 is 1.78 bits per heavy atom. The topological polar surface area (TPSA) is 61.8 Å². The highest BCUT2D eigenvalue weighted by atomic mass is 35.5. The van der Waals surface area contributed by atoms with Crippen molar-refractivity contribution in [3.8, 4) is 0 Å². The van der Waals surface area contributed by atoms with Crippen LogP contribution in [0.3, 0.4) is 0 Å². The maximum absolute atomic E-state index is 10.4. The van der Waals surface area contributed by atoms with E-state index in [4.69, 9.17) is 0 Å². The molecule has 0 rings (SSSR count). The number of ketones is 1. The van der Waals surface area contributed by atoms with Crippen LogP contribution in [0.4, 0.5) is 0 Å². The highest BCUT2D eigenvalue weighted by Crippen LogP contribution is 1.79. The van der Waals surface area contributed by atoms with Crippen molar-refractivity contribution < 1.29 is 27.7 Å². The fourth-order valence-corrected chi connectivity index (χ4v) is 0.338. The molecule has 0 fully saturated rings. The van der Waals surface area contributed by atoms with E-state index in [2.05, 4.69) is 5.73 Å². The monoisotopic (exact) mass is 151 g/mol. The van der Waals surface area contributed by atoms with Gasteiger partial charge in [-0.1, -0.05) is 6.92 Å². The van der Waals surface area contributed by atoms with E-state index in [1.807, 2.05) is 0 Å². The van der Waals surface area contributed by atoms with Crippen LogP contribution in [0.1, 0.15) is 13.3 Å². The smallest absolute Gasteiger partial charge is 0.199 e. The van der Waals surface area contributed by atoms with Crippen molar-refractivity contribution in [2.24, 2.45) is 0 Å². The second-order valence-corrected chi connectivity index (χ2v) is 1.56. The van der Waals surface area contributed by atoms with Crippen LogP contribution in [-0.4, -0.2) is 18.1 Å². The van der Waals surface area contributed by atoms with Crippen LogP contribution in [0, 0.1) is 0 Å². The fraction of sp³-hybridized carbons (Fsp3) is 0.600. The molecule has 0 aliphatic carbocycles. The third-order valence-electron chi connectivity index (χ3n) is 0.926. The first-order valence-electron chi connectivity index (χ1n) is 2.53. The summed E-state index contributed by atoms with van der Waals surface area (Å²) in [5, 5.41) is 0. The SMILES string of the molecule is CCC(=O)C([NH3+])C=O.[Cl-]. The van der Waals surface area contributed by atoms with Gasteiger partial charge in [-0.3, -0.25) is 9.59 Å². The minimum atomic E-state index is -0.653.